The van der Waals surface area contributed by atoms with Crippen molar-refractivity contribution in [3.05, 3.63) is 38.6 Å². The molecular formula is C12H7Br2N3S. The van der Waals surface area contributed by atoms with E-state index in [1.54, 1.807) is 11.3 Å². The summed E-state index contributed by atoms with van der Waals surface area (Å²) in [6.45, 7) is 0. The Kier molecular flexibility index (Phi) is 3.09. The van der Waals surface area contributed by atoms with E-state index in [-0.39, 0.29) is 0 Å². The Morgan fingerprint density at radius 2 is 2.00 bits per heavy atom. The highest BCUT2D eigenvalue weighted by molar-refractivity contribution is 9.11. The molecule has 0 radical (unpaired) electrons. The fraction of sp³-hybridized carbons (Fsp3) is 0. The molecule has 0 aliphatic heterocycles. The molecule has 2 N–H and O–H groups in total. The maximum absolute atomic E-state index is 6.01. The van der Waals surface area contributed by atoms with E-state index in [0.29, 0.717) is 11.6 Å². The summed E-state index contributed by atoms with van der Waals surface area (Å²) < 4.78 is 1.85. The second-order valence-electron chi connectivity index (χ2n) is 3.69. The van der Waals surface area contributed by atoms with E-state index >= 15 is 0 Å². The van der Waals surface area contributed by atoms with E-state index in [2.05, 4.69) is 41.8 Å². The van der Waals surface area contributed by atoms with Crippen molar-refractivity contribution < 1.29 is 0 Å². The summed E-state index contributed by atoms with van der Waals surface area (Å²) in [6, 6.07) is 7.83. The number of fused-ring (bicyclic) bond motifs is 1. The number of thiophene rings is 1. The van der Waals surface area contributed by atoms with Crippen molar-refractivity contribution in [2.45, 2.75) is 0 Å². The zero-order chi connectivity index (χ0) is 12.7. The molecule has 0 saturated heterocycles. The van der Waals surface area contributed by atoms with Crippen LogP contribution in [0, 0.1) is 0 Å². The molecule has 1 aromatic carbocycles. The van der Waals surface area contributed by atoms with Crippen LogP contribution in [0.1, 0.15) is 0 Å². The van der Waals surface area contributed by atoms with Crippen LogP contribution in [0.15, 0.2) is 38.6 Å². The Labute approximate surface area is 124 Å². The minimum Gasteiger partial charge on any atom is -0.383 e. The molecule has 0 spiro atoms. The molecule has 90 valence electrons. The van der Waals surface area contributed by atoms with Gasteiger partial charge in [0.25, 0.3) is 0 Å². The van der Waals surface area contributed by atoms with Crippen LogP contribution < -0.4 is 5.73 Å². The molecule has 0 aliphatic carbocycles. The van der Waals surface area contributed by atoms with E-state index in [4.69, 9.17) is 5.73 Å². The predicted molar refractivity (Wildman–Crippen MR) is 82.7 cm³/mol. The number of nitrogens with zero attached hydrogens (tertiary/aromatic N) is 2. The lowest BCUT2D eigenvalue weighted by Crippen LogP contribution is -1.97. The molecule has 6 heteroatoms. The minimum atomic E-state index is 0.491. The van der Waals surface area contributed by atoms with Gasteiger partial charge in [0, 0.05) is 14.3 Å². The maximum atomic E-state index is 6.01. The second-order valence-corrected chi connectivity index (χ2v) is 6.41. The van der Waals surface area contributed by atoms with Gasteiger partial charge in [0.2, 0.25) is 0 Å². The molecule has 3 nitrogen and oxygen atoms in total. The van der Waals surface area contributed by atoms with Crippen LogP contribution in [0.25, 0.3) is 21.6 Å². The molecule has 2 heterocycles. The summed E-state index contributed by atoms with van der Waals surface area (Å²) in [5.74, 6) is 1.16. The second kappa shape index (κ2) is 4.60. The van der Waals surface area contributed by atoms with Crippen LogP contribution >= 0.6 is 43.2 Å². The van der Waals surface area contributed by atoms with Gasteiger partial charge in [0.05, 0.1) is 10.4 Å². The van der Waals surface area contributed by atoms with Gasteiger partial charge in [0.15, 0.2) is 5.82 Å². The molecule has 0 bridgehead atoms. The normalized spacial score (nSPS) is 11.0. The number of hydrogen-bond donors (Lipinski definition) is 1. The number of nitrogens with two attached hydrogens (primary N) is 1. The van der Waals surface area contributed by atoms with Gasteiger partial charge < -0.3 is 5.73 Å². The standard InChI is InChI=1S/C12H7Br2N3S/c13-6-4-7-10(8(14)5-6)16-12(17-11(7)15)9-2-1-3-18-9/h1-5H,(H2,15,16,17). The number of hydrogen-bond acceptors (Lipinski definition) is 4. The van der Waals surface area contributed by atoms with Gasteiger partial charge in [-0.1, -0.05) is 22.0 Å². The maximum Gasteiger partial charge on any atom is 0.172 e. The fourth-order valence-corrected chi connectivity index (χ4v) is 3.67. The highest BCUT2D eigenvalue weighted by Crippen LogP contribution is 2.32. The lowest BCUT2D eigenvalue weighted by molar-refractivity contribution is 1.24. The van der Waals surface area contributed by atoms with Gasteiger partial charge in [-0.2, -0.15) is 0 Å². The first kappa shape index (κ1) is 12.1. The third kappa shape index (κ3) is 2.04. The first-order valence-corrected chi connectivity index (χ1v) is 7.58. The van der Waals surface area contributed by atoms with Gasteiger partial charge in [-0.15, -0.1) is 11.3 Å². The van der Waals surface area contributed by atoms with Crippen LogP contribution in [-0.2, 0) is 0 Å². The van der Waals surface area contributed by atoms with E-state index in [0.717, 1.165) is 24.7 Å². The summed E-state index contributed by atoms with van der Waals surface area (Å²) in [4.78, 5) is 9.94. The Bertz CT molecular complexity index is 726. The van der Waals surface area contributed by atoms with Crippen LogP contribution in [0.3, 0.4) is 0 Å². The number of halogens is 2. The van der Waals surface area contributed by atoms with Gasteiger partial charge in [-0.05, 0) is 39.5 Å². The fourth-order valence-electron chi connectivity index (χ4n) is 1.70. The summed E-state index contributed by atoms with van der Waals surface area (Å²) in [5.41, 5.74) is 6.84. The molecule has 3 aromatic rings. The van der Waals surface area contributed by atoms with Gasteiger partial charge >= 0.3 is 0 Å². The number of rotatable bonds is 1. The summed E-state index contributed by atoms with van der Waals surface area (Å²) >= 11 is 8.54. The Morgan fingerprint density at radius 1 is 1.17 bits per heavy atom. The smallest absolute Gasteiger partial charge is 0.172 e. The van der Waals surface area contributed by atoms with E-state index < -0.39 is 0 Å². The van der Waals surface area contributed by atoms with Crippen LogP contribution in [-0.4, -0.2) is 9.97 Å². The van der Waals surface area contributed by atoms with Crippen LogP contribution in [0.4, 0.5) is 5.82 Å². The van der Waals surface area contributed by atoms with E-state index in [1.165, 1.54) is 0 Å². The van der Waals surface area contributed by atoms with Crippen LogP contribution in [0.5, 0.6) is 0 Å². The summed E-state index contributed by atoms with van der Waals surface area (Å²) in [5, 5.41) is 2.84. The summed E-state index contributed by atoms with van der Waals surface area (Å²) in [6.07, 6.45) is 0. The predicted octanol–water partition coefficient (Wildman–Crippen LogP) is 4.47. The number of benzene rings is 1. The van der Waals surface area contributed by atoms with Crippen molar-refractivity contribution >= 4 is 59.9 Å². The lowest BCUT2D eigenvalue weighted by atomic mass is 10.2. The zero-order valence-corrected chi connectivity index (χ0v) is 13.0. The van der Waals surface area contributed by atoms with E-state index in [1.807, 2.05) is 29.6 Å². The highest BCUT2D eigenvalue weighted by atomic mass is 79.9. The monoisotopic (exact) mass is 383 g/mol. The Morgan fingerprint density at radius 3 is 2.72 bits per heavy atom. The van der Waals surface area contributed by atoms with Crippen molar-refractivity contribution in [1.29, 1.82) is 0 Å². The highest BCUT2D eigenvalue weighted by Gasteiger charge is 2.11. The van der Waals surface area contributed by atoms with Crippen molar-refractivity contribution in [3.8, 4) is 10.7 Å². The molecule has 3 rings (SSSR count). The molecular weight excluding hydrogens is 378 g/mol. The van der Waals surface area contributed by atoms with Crippen molar-refractivity contribution in [2.75, 3.05) is 5.73 Å². The average Bonchev–Trinajstić information content (AvgIpc) is 2.83. The third-order valence-corrected chi connectivity index (χ3v) is 4.42. The summed E-state index contributed by atoms with van der Waals surface area (Å²) in [7, 11) is 0. The molecule has 0 unspecified atom stereocenters. The van der Waals surface area contributed by atoms with Crippen LogP contribution in [0.2, 0.25) is 0 Å². The first-order chi connectivity index (χ1) is 8.65. The molecule has 18 heavy (non-hydrogen) atoms. The van der Waals surface area contributed by atoms with E-state index in [9.17, 15) is 0 Å². The molecule has 0 saturated carbocycles. The molecule has 2 aromatic heterocycles. The molecule has 0 fully saturated rings. The molecule has 0 aliphatic rings. The van der Waals surface area contributed by atoms with Gasteiger partial charge in [-0.3, -0.25) is 0 Å². The zero-order valence-electron chi connectivity index (χ0n) is 9.02. The number of aromatic nitrogens is 2. The van der Waals surface area contributed by atoms with Gasteiger partial charge in [-0.25, -0.2) is 9.97 Å². The molecule has 0 atom stereocenters. The largest absolute Gasteiger partial charge is 0.383 e. The number of anilines is 1. The lowest BCUT2D eigenvalue weighted by Gasteiger charge is -2.06. The number of nitrogen functional groups attached to an aromatic ring is 1. The van der Waals surface area contributed by atoms with Crippen molar-refractivity contribution in [3.63, 3.8) is 0 Å². The van der Waals surface area contributed by atoms with Crippen molar-refractivity contribution in [2.24, 2.45) is 0 Å². The SMILES string of the molecule is Nc1nc(-c2cccs2)nc2c(Br)cc(Br)cc12. The third-order valence-electron chi connectivity index (χ3n) is 2.49. The van der Waals surface area contributed by atoms with Crippen molar-refractivity contribution in [1.82, 2.24) is 9.97 Å². The Balaban J connectivity index is 2.34. The average molecular weight is 385 g/mol. The van der Waals surface area contributed by atoms with Gasteiger partial charge in [0.1, 0.15) is 5.82 Å². The topological polar surface area (TPSA) is 51.8 Å². The minimum absolute atomic E-state index is 0.491. The quantitative estimate of drug-likeness (QED) is 0.673. The first-order valence-electron chi connectivity index (χ1n) is 5.11. The molecule has 0 amide bonds. The Hall–Kier alpha value is -0.980.